The number of anilines is 1. The van der Waals surface area contributed by atoms with Crippen molar-refractivity contribution in [2.24, 2.45) is 5.92 Å². The molecule has 2 nitrogen and oxygen atoms in total. The molecule has 0 atom stereocenters. The molecule has 1 saturated carbocycles. The first-order chi connectivity index (χ1) is 8.84. The van der Waals surface area contributed by atoms with Gasteiger partial charge in [0.15, 0.2) is 0 Å². The van der Waals surface area contributed by atoms with E-state index in [2.05, 4.69) is 35.5 Å². The third kappa shape index (κ3) is 2.39. The van der Waals surface area contributed by atoms with E-state index in [4.69, 9.17) is 0 Å². The van der Waals surface area contributed by atoms with Gasteiger partial charge >= 0.3 is 0 Å². The standard InChI is InChI=1S/C16H24N2/c1-18(12-13-5-2-3-6-13)16-8-4-7-14-9-10-17-11-15(14)16/h4,7-8,13,17H,2-3,5-6,9-12H2,1H3. The van der Waals surface area contributed by atoms with Crippen LogP contribution in [0.2, 0.25) is 0 Å². The molecular weight excluding hydrogens is 220 g/mol. The van der Waals surface area contributed by atoms with E-state index in [-0.39, 0.29) is 0 Å². The van der Waals surface area contributed by atoms with Crippen LogP contribution in [0.15, 0.2) is 18.2 Å². The van der Waals surface area contributed by atoms with Crippen molar-refractivity contribution in [3.05, 3.63) is 29.3 Å². The van der Waals surface area contributed by atoms with E-state index in [1.807, 2.05) is 0 Å². The Labute approximate surface area is 110 Å². The lowest BCUT2D eigenvalue weighted by molar-refractivity contribution is 0.544. The van der Waals surface area contributed by atoms with Crippen molar-refractivity contribution in [3.8, 4) is 0 Å². The summed E-state index contributed by atoms with van der Waals surface area (Å²) >= 11 is 0. The third-order valence-electron chi connectivity index (χ3n) is 4.54. The van der Waals surface area contributed by atoms with Gasteiger partial charge in [0, 0.05) is 25.8 Å². The van der Waals surface area contributed by atoms with Gasteiger partial charge in [-0.1, -0.05) is 25.0 Å². The zero-order valence-electron chi connectivity index (χ0n) is 11.4. The largest absolute Gasteiger partial charge is 0.374 e. The molecule has 1 N–H and O–H groups in total. The van der Waals surface area contributed by atoms with Crippen molar-refractivity contribution in [2.45, 2.75) is 38.6 Å². The van der Waals surface area contributed by atoms with Crippen molar-refractivity contribution in [1.82, 2.24) is 5.32 Å². The molecule has 0 amide bonds. The molecule has 98 valence electrons. The summed E-state index contributed by atoms with van der Waals surface area (Å²) in [5.74, 6) is 0.919. The van der Waals surface area contributed by atoms with Crippen LogP contribution in [0.5, 0.6) is 0 Å². The Kier molecular flexibility index (Phi) is 3.55. The van der Waals surface area contributed by atoms with Gasteiger partial charge in [0.2, 0.25) is 0 Å². The van der Waals surface area contributed by atoms with Gasteiger partial charge in [-0.05, 0) is 48.9 Å². The number of hydrogen-bond donors (Lipinski definition) is 1. The molecule has 0 aromatic heterocycles. The predicted octanol–water partition coefficient (Wildman–Crippen LogP) is 2.96. The molecule has 0 spiro atoms. The van der Waals surface area contributed by atoms with E-state index in [1.165, 1.54) is 49.9 Å². The van der Waals surface area contributed by atoms with E-state index in [9.17, 15) is 0 Å². The maximum atomic E-state index is 3.50. The summed E-state index contributed by atoms with van der Waals surface area (Å²) in [5, 5.41) is 3.50. The number of fused-ring (bicyclic) bond motifs is 1. The summed E-state index contributed by atoms with van der Waals surface area (Å²) < 4.78 is 0. The van der Waals surface area contributed by atoms with Crippen molar-refractivity contribution in [1.29, 1.82) is 0 Å². The molecule has 0 unspecified atom stereocenters. The van der Waals surface area contributed by atoms with E-state index < -0.39 is 0 Å². The first kappa shape index (κ1) is 12.0. The van der Waals surface area contributed by atoms with Crippen molar-refractivity contribution in [2.75, 3.05) is 25.0 Å². The molecule has 0 saturated heterocycles. The van der Waals surface area contributed by atoms with E-state index in [1.54, 1.807) is 5.56 Å². The summed E-state index contributed by atoms with van der Waals surface area (Å²) in [6, 6.07) is 6.81. The average molecular weight is 244 g/mol. The van der Waals surface area contributed by atoms with Crippen LogP contribution in [0.4, 0.5) is 5.69 Å². The molecule has 2 heteroatoms. The monoisotopic (exact) mass is 244 g/mol. The van der Waals surface area contributed by atoms with Gasteiger partial charge in [-0.25, -0.2) is 0 Å². The van der Waals surface area contributed by atoms with Gasteiger partial charge in [0.1, 0.15) is 0 Å². The highest BCUT2D eigenvalue weighted by molar-refractivity contribution is 5.57. The topological polar surface area (TPSA) is 15.3 Å². The van der Waals surface area contributed by atoms with E-state index in [0.717, 1.165) is 19.0 Å². The van der Waals surface area contributed by atoms with Crippen LogP contribution in [-0.4, -0.2) is 20.1 Å². The van der Waals surface area contributed by atoms with Crippen LogP contribution in [-0.2, 0) is 13.0 Å². The molecule has 1 fully saturated rings. The highest BCUT2D eigenvalue weighted by Gasteiger charge is 2.20. The molecule has 1 heterocycles. The van der Waals surface area contributed by atoms with Crippen molar-refractivity contribution >= 4 is 5.69 Å². The Hall–Kier alpha value is -1.02. The Morgan fingerprint density at radius 2 is 2.11 bits per heavy atom. The SMILES string of the molecule is CN(CC1CCCC1)c1cccc2c1CNCC2. The minimum atomic E-state index is 0.919. The minimum Gasteiger partial charge on any atom is -0.374 e. The zero-order chi connectivity index (χ0) is 12.4. The molecule has 0 bridgehead atoms. The summed E-state index contributed by atoms with van der Waals surface area (Å²) in [6.45, 7) is 3.40. The third-order valence-corrected chi connectivity index (χ3v) is 4.54. The Morgan fingerprint density at radius 3 is 2.94 bits per heavy atom. The number of nitrogens with zero attached hydrogens (tertiary/aromatic N) is 1. The van der Waals surface area contributed by atoms with Crippen LogP contribution < -0.4 is 10.2 Å². The molecule has 1 aliphatic carbocycles. The maximum absolute atomic E-state index is 3.50. The summed E-state index contributed by atoms with van der Waals surface area (Å²) in [5.41, 5.74) is 4.53. The lowest BCUT2D eigenvalue weighted by Crippen LogP contribution is -2.29. The first-order valence-electron chi connectivity index (χ1n) is 7.37. The Balaban J connectivity index is 1.78. The second-order valence-electron chi connectivity index (χ2n) is 5.87. The van der Waals surface area contributed by atoms with Gasteiger partial charge in [-0.2, -0.15) is 0 Å². The minimum absolute atomic E-state index is 0.919. The summed E-state index contributed by atoms with van der Waals surface area (Å²) in [4.78, 5) is 2.49. The van der Waals surface area contributed by atoms with Gasteiger partial charge in [0.25, 0.3) is 0 Å². The predicted molar refractivity (Wildman–Crippen MR) is 77.1 cm³/mol. The van der Waals surface area contributed by atoms with Crippen LogP contribution in [0.3, 0.4) is 0 Å². The van der Waals surface area contributed by atoms with Crippen LogP contribution in [0.25, 0.3) is 0 Å². The molecule has 1 aliphatic heterocycles. The van der Waals surface area contributed by atoms with Crippen LogP contribution in [0.1, 0.15) is 36.8 Å². The number of nitrogens with one attached hydrogen (secondary N) is 1. The van der Waals surface area contributed by atoms with Crippen molar-refractivity contribution in [3.63, 3.8) is 0 Å². The first-order valence-corrected chi connectivity index (χ1v) is 7.37. The lowest BCUT2D eigenvalue weighted by atomic mass is 9.98. The molecular formula is C16H24N2. The molecule has 2 aliphatic rings. The second kappa shape index (κ2) is 5.31. The fraction of sp³-hybridized carbons (Fsp3) is 0.625. The maximum Gasteiger partial charge on any atom is 0.0412 e. The van der Waals surface area contributed by atoms with Gasteiger partial charge in [-0.3, -0.25) is 0 Å². The van der Waals surface area contributed by atoms with E-state index >= 15 is 0 Å². The number of rotatable bonds is 3. The van der Waals surface area contributed by atoms with Gasteiger partial charge in [0.05, 0.1) is 0 Å². The number of benzene rings is 1. The zero-order valence-corrected chi connectivity index (χ0v) is 11.4. The van der Waals surface area contributed by atoms with Crippen LogP contribution >= 0.6 is 0 Å². The highest BCUT2D eigenvalue weighted by Crippen LogP contribution is 2.30. The molecule has 0 radical (unpaired) electrons. The fourth-order valence-corrected chi connectivity index (χ4v) is 3.53. The summed E-state index contributed by atoms with van der Waals surface area (Å²) in [6.07, 6.45) is 6.91. The lowest BCUT2D eigenvalue weighted by Gasteiger charge is -2.28. The second-order valence-corrected chi connectivity index (χ2v) is 5.87. The molecule has 1 aromatic carbocycles. The number of hydrogen-bond acceptors (Lipinski definition) is 2. The smallest absolute Gasteiger partial charge is 0.0412 e. The van der Waals surface area contributed by atoms with E-state index in [0.29, 0.717) is 0 Å². The van der Waals surface area contributed by atoms with Crippen LogP contribution in [0, 0.1) is 5.92 Å². The molecule has 1 aromatic rings. The molecule has 18 heavy (non-hydrogen) atoms. The average Bonchev–Trinajstić information content (AvgIpc) is 2.91. The Morgan fingerprint density at radius 1 is 1.28 bits per heavy atom. The summed E-state index contributed by atoms with van der Waals surface area (Å²) in [7, 11) is 2.27. The fourth-order valence-electron chi connectivity index (χ4n) is 3.53. The van der Waals surface area contributed by atoms with Crippen molar-refractivity contribution < 1.29 is 0 Å². The molecule has 3 rings (SSSR count). The Bertz CT molecular complexity index is 408. The quantitative estimate of drug-likeness (QED) is 0.879. The van der Waals surface area contributed by atoms with Gasteiger partial charge in [-0.15, -0.1) is 0 Å². The highest BCUT2D eigenvalue weighted by atomic mass is 15.1. The van der Waals surface area contributed by atoms with Gasteiger partial charge < -0.3 is 10.2 Å². The normalized spacial score (nSPS) is 19.8.